The predicted molar refractivity (Wildman–Crippen MR) is 97.9 cm³/mol. The van der Waals surface area contributed by atoms with Crippen molar-refractivity contribution >= 4 is 23.7 Å². The van der Waals surface area contributed by atoms with Crippen molar-refractivity contribution in [2.24, 2.45) is 4.99 Å². The van der Waals surface area contributed by atoms with Crippen LogP contribution in [0.3, 0.4) is 0 Å². The van der Waals surface area contributed by atoms with Crippen LogP contribution in [0.25, 0.3) is 0 Å². The number of carbonyl (C=O) groups excluding carboxylic acids is 1. The van der Waals surface area contributed by atoms with Gasteiger partial charge >= 0.3 is 6.61 Å². The molecule has 12 heteroatoms. The fourth-order valence-corrected chi connectivity index (χ4v) is 3.22. The molecule has 3 aliphatic heterocycles. The Balaban J connectivity index is 1.56. The summed E-state index contributed by atoms with van der Waals surface area (Å²) in [5, 5.41) is 4.34. The van der Waals surface area contributed by atoms with Crippen LogP contribution in [0.4, 0.5) is 13.2 Å². The molecule has 3 aliphatic rings. The van der Waals surface area contributed by atoms with E-state index in [0.717, 1.165) is 6.21 Å². The van der Waals surface area contributed by atoms with Crippen molar-refractivity contribution in [1.82, 2.24) is 26.6 Å². The average Bonchev–Trinajstić information content (AvgIpc) is 3.29. The summed E-state index contributed by atoms with van der Waals surface area (Å²) in [6.07, 6.45) is 3.65. The smallest absolute Gasteiger partial charge is 0.387 e. The second-order valence-electron chi connectivity index (χ2n) is 6.12. The first-order valence-electron chi connectivity index (χ1n) is 8.36. The highest BCUT2D eigenvalue weighted by atomic mass is 35.5. The van der Waals surface area contributed by atoms with Gasteiger partial charge in [-0.15, -0.1) is 0 Å². The van der Waals surface area contributed by atoms with Gasteiger partial charge in [-0.2, -0.15) is 8.78 Å². The monoisotopic (exact) mass is 426 g/mol. The normalized spacial score (nSPS) is 20.4. The number of ether oxygens (including phenoxy) is 1. The molecule has 0 fully saturated rings. The number of allylic oxidation sites excluding steroid dienone is 1. The third kappa shape index (κ3) is 3.92. The first-order valence-corrected chi connectivity index (χ1v) is 8.74. The maximum atomic E-state index is 13.3. The van der Waals surface area contributed by atoms with Crippen LogP contribution in [0.5, 0.6) is 5.75 Å². The summed E-state index contributed by atoms with van der Waals surface area (Å²) >= 11 is 6.01. The zero-order valence-corrected chi connectivity index (χ0v) is 15.3. The van der Waals surface area contributed by atoms with Crippen LogP contribution in [0.2, 0.25) is 5.02 Å². The molecule has 3 heterocycles. The highest BCUT2D eigenvalue weighted by Gasteiger charge is 2.31. The number of hydrogen-bond donors (Lipinski definition) is 4. The minimum absolute atomic E-state index is 0.0843. The summed E-state index contributed by atoms with van der Waals surface area (Å²) in [6.45, 7) is -2.88. The van der Waals surface area contributed by atoms with Crippen molar-refractivity contribution in [3.63, 3.8) is 0 Å². The molecule has 1 atom stereocenters. The van der Waals surface area contributed by atoms with Crippen molar-refractivity contribution < 1.29 is 22.7 Å². The second-order valence-corrected chi connectivity index (χ2v) is 6.55. The molecule has 1 amide bonds. The molecule has 1 aromatic carbocycles. The molecule has 0 spiro atoms. The average molecular weight is 427 g/mol. The maximum absolute atomic E-state index is 13.3. The van der Waals surface area contributed by atoms with Gasteiger partial charge in [0.15, 0.2) is 11.6 Å². The van der Waals surface area contributed by atoms with Crippen LogP contribution < -0.4 is 26.3 Å². The van der Waals surface area contributed by atoms with Crippen molar-refractivity contribution in [1.29, 1.82) is 0 Å². The Morgan fingerprint density at radius 1 is 1.41 bits per heavy atom. The van der Waals surface area contributed by atoms with E-state index >= 15 is 0 Å². The number of rotatable bonds is 5. The van der Waals surface area contributed by atoms with Gasteiger partial charge in [0.2, 0.25) is 0 Å². The number of fused-ring (bicyclic) bond motifs is 1. The first kappa shape index (κ1) is 19.3. The van der Waals surface area contributed by atoms with Crippen molar-refractivity contribution in [3.05, 3.63) is 64.1 Å². The Kier molecular flexibility index (Phi) is 5.18. The number of amides is 1. The van der Waals surface area contributed by atoms with E-state index in [2.05, 4.69) is 31.3 Å². The van der Waals surface area contributed by atoms with E-state index < -0.39 is 24.4 Å². The summed E-state index contributed by atoms with van der Waals surface area (Å²) < 4.78 is 43.3. The molecular formula is C17H14ClF3N6O2. The number of hydrogen-bond acceptors (Lipinski definition) is 7. The molecule has 1 aromatic rings. The standard InChI is InChI=1S/C17H14ClF3N6O2/c18-8-1-2-13(29-17(20)21)10(3-8)14-12(6-23-26-14)25-16(28)11-5-24-27-7-9(19)4-22-15(11)27/h1-4,6-7,14,17,23-24,26H,5H2,(H,25,28). The van der Waals surface area contributed by atoms with E-state index in [9.17, 15) is 18.0 Å². The zero-order chi connectivity index (χ0) is 20.5. The lowest BCUT2D eigenvalue weighted by Crippen LogP contribution is -2.32. The Morgan fingerprint density at radius 3 is 3.03 bits per heavy atom. The van der Waals surface area contributed by atoms with Crippen molar-refractivity contribution in [3.8, 4) is 5.75 Å². The molecule has 152 valence electrons. The number of alkyl halides is 2. The summed E-state index contributed by atoms with van der Waals surface area (Å²) in [4.78, 5) is 16.7. The second kappa shape index (κ2) is 7.78. The van der Waals surface area contributed by atoms with E-state index in [1.165, 1.54) is 35.6 Å². The molecule has 29 heavy (non-hydrogen) atoms. The number of hydrazine groups is 2. The summed E-state index contributed by atoms with van der Waals surface area (Å²) in [6, 6.07) is 3.50. The van der Waals surface area contributed by atoms with Crippen LogP contribution in [0, 0.1) is 0 Å². The van der Waals surface area contributed by atoms with E-state index in [1.54, 1.807) is 0 Å². The van der Waals surface area contributed by atoms with Crippen molar-refractivity contribution in [2.45, 2.75) is 12.7 Å². The summed E-state index contributed by atoms with van der Waals surface area (Å²) in [5.41, 5.74) is 9.35. The molecule has 0 aromatic heterocycles. The fraction of sp³-hybridized carbons (Fsp3) is 0.176. The van der Waals surface area contributed by atoms with E-state index in [0.29, 0.717) is 16.3 Å². The van der Waals surface area contributed by atoms with Gasteiger partial charge in [0, 0.05) is 23.3 Å². The van der Waals surface area contributed by atoms with Gasteiger partial charge < -0.3 is 15.5 Å². The number of halogens is 4. The highest BCUT2D eigenvalue weighted by molar-refractivity contribution is 6.30. The molecule has 0 radical (unpaired) electrons. The lowest BCUT2D eigenvalue weighted by atomic mass is 10.0. The molecule has 4 rings (SSSR count). The minimum Gasteiger partial charge on any atom is -0.434 e. The minimum atomic E-state index is -3.02. The quantitative estimate of drug-likeness (QED) is 0.575. The molecule has 0 bridgehead atoms. The summed E-state index contributed by atoms with van der Waals surface area (Å²) in [5.74, 6) is -0.853. The van der Waals surface area contributed by atoms with Gasteiger partial charge in [0.1, 0.15) is 5.75 Å². The topological polar surface area (TPSA) is 90.0 Å². The lowest BCUT2D eigenvalue weighted by Gasteiger charge is -2.20. The number of benzene rings is 1. The predicted octanol–water partition coefficient (Wildman–Crippen LogP) is 1.97. The highest BCUT2D eigenvalue weighted by Crippen LogP contribution is 2.34. The number of nitrogens with zero attached hydrogens (tertiary/aromatic N) is 2. The van der Waals surface area contributed by atoms with E-state index in [-0.39, 0.29) is 23.7 Å². The Bertz CT molecular complexity index is 978. The Morgan fingerprint density at radius 2 is 2.24 bits per heavy atom. The zero-order valence-electron chi connectivity index (χ0n) is 14.5. The number of carbonyl (C=O) groups is 1. The number of nitrogens with one attached hydrogen (secondary N) is 4. The molecule has 0 aliphatic carbocycles. The Labute approximate surface area is 167 Å². The van der Waals surface area contributed by atoms with Crippen molar-refractivity contribution in [2.75, 3.05) is 6.54 Å². The molecule has 8 nitrogen and oxygen atoms in total. The molecule has 1 unspecified atom stereocenters. The van der Waals surface area contributed by atoms with E-state index in [1.807, 2.05) is 0 Å². The molecule has 0 saturated heterocycles. The van der Waals surface area contributed by atoms with Gasteiger partial charge in [0.05, 0.1) is 29.7 Å². The van der Waals surface area contributed by atoms with Crippen LogP contribution in [-0.4, -0.2) is 30.3 Å². The van der Waals surface area contributed by atoms with E-state index in [4.69, 9.17) is 11.6 Å². The van der Waals surface area contributed by atoms with Gasteiger partial charge in [-0.25, -0.2) is 20.2 Å². The maximum Gasteiger partial charge on any atom is 0.387 e. The van der Waals surface area contributed by atoms with Crippen LogP contribution >= 0.6 is 11.6 Å². The molecular weight excluding hydrogens is 413 g/mol. The first-order chi connectivity index (χ1) is 13.9. The van der Waals surface area contributed by atoms with Crippen LogP contribution in [0.1, 0.15) is 11.6 Å². The fourth-order valence-electron chi connectivity index (χ4n) is 3.04. The van der Waals surface area contributed by atoms with Gasteiger partial charge in [-0.1, -0.05) is 11.6 Å². The number of aliphatic imine (C=N–C) groups is 1. The van der Waals surface area contributed by atoms with Gasteiger partial charge in [-0.3, -0.25) is 9.80 Å². The third-order valence-corrected chi connectivity index (χ3v) is 4.52. The summed E-state index contributed by atoms with van der Waals surface area (Å²) in [7, 11) is 0. The van der Waals surface area contributed by atoms with Gasteiger partial charge in [-0.05, 0) is 18.2 Å². The Hall–Kier alpha value is -3.02. The van der Waals surface area contributed by atoms with Crippen LogP contribution in [0.15, 0.2) is 58.5 Å². The third-order valence-electron chi connectivity index (χ3n) is 4.28. The van der Waals surface area contributed by atoms with Gasteiger partial charge in [0.25, 0.3) is 5.91 Å². The van der Waals surface area contributed by atoms with Crippen LogP contribution in [-0.2, 0) is 4.79 Å². The molecule has 4 N–H and O–H groups in total. The molecule has 0 saturated carbocycles. The lowest BCUT2D eigenvalue weighted by molar-refractivity contribution is -0.116. The largest absolute Gasteiger partial charge is 0.434 e. The SMILES string of the molecule is O=C(NC1=CNNC1c1cc(Cl)ccc1OC(F)F)C1=C2N=CC(F)=CN2NC1.